The predicted molar refractivity (Wildman–Crippen MR) is 200 cm³/mol. The molecule has 7 nitrogen and oxygen atoms in total. The first-order valence-electron chi connectivity index (χ1n) is 18.0. The van der Waals surface area contributed by atoms with Gasteiger partial charge in [0.25, 0.3) is 0 Å². The van der Waals surface area contributed by atoms with Crippen molar-refractivity contribution >= 4 is 17.3 Å². The first-order valence-corrected chi connectivity index (χ1v) is 18.0. The number of benzene rings is 1. The van der Waals surface area contributed by atoms with Crippen molar-refractivity contribution in [3.8, 4) is 11.5 Å². The Balaban J connectivity index is 2.36. The highest BCUT2D eigenvalue weighted by Gasteiger charge is 2.75. The molecule has 2 fully saturated rings. The average Bonchev–Trinajstić information content (AvgIpc) is 3.03. The Hall–Kier alpha value is -3.55. The molecule has 0 spiro atoms. The van der Waals surface area contributed by atoms with E-state index in [2.05, 4.69) is 18.7 Å². The lowest BCUT2D eigenvalue weighted by atomic mass is 9.36. The van der Waals surface area contributed by atoms with Crippen LogP contribution >= 0.6 is 0 Å². The van der Waals surface area contributed by atoms with E-state index in [0.29, 0.717) is 37.7 Å². The second-order valence-corrected chi connectivity index (χ2v) is 16.0. The Morgan fingerprint density at radius 1 is 0.920 bits per heavy atom. The molecule has 2 aliphatic carbocycles. The van der Waals surface area contributed by atoms with Crippen LogP contribution in [0, 0.1) is 28.1 Å². The monoisotopic (exact) mass is 688 g/mol. The number of aliphatic hydroxyl groups is 2. The number of Topliss-reactive ketones (excluding diaryl/α,β-unsaturated/α-hetero) is 3. The van der Waals surface area contributed by atoms with E-state index in [9.17, 15) is 25.2 Å². The molecule has 0 aliphatic heterocycles. The molecule has 4 N–H and O–H groups in total. The molecule has 3 rings (SSSR count). The molecule has 2 unspecified atom stereocenters. The van der Waals surface area contributed by atoms with Gasteiger partial charge in [-0.2, -0.15) is 0 Å². The van der Waals surface area contributed by atoms with E-state index in [1.54, 1.807) is 0 Å². The fraction of sp³-hybridized carbons (Fsp3) is 0.558. The van der Waals surface area contributed by atoms with Crippen LogP contribution in [0.4, 0.5) is 0 Å². The van der Waals surface area contributed by atoms with Gasteiger partial charge in [0.2, 0.25) is 0 Å². The van der Waals surface area contributed by atoms with Crippen LogP contribution < -0.4 is 0 Å². The summed E-state index contributed by atoms with van der Waals surface area (Å²) in [7, 11) is 0. The first kappa shape index (κ1) is 40.9. The molecule has 7 atom stereocenters. The molecule has 7 heteroatoms. The molecule has 50 heavy (non-hydrogen) atoms. The zero-order valence-electron chi connectivity index (χ0n) is 31.7. The highest BCUT2D eigenvalue weighted by Crippen LogP contribution is 2.68. The van der Waals surface area contributed by atoms with Crippen LogP contribution in [0.5, 0.6) is 11.5 Å². The predicted octanol–water partition coefficient (Wildman–Crippen LogP) is 8.92. The van der Waals surface area contributed by atoms with Gasteiger partial charge in [-0.3, -0.25) is 14.4 Å². The third-order valence-corrected chi connectivity index (χ3v) is 11.5. The molecule has 2 aliphatic rings. The van der Waals surface area contributed by atoms with Gasteiger partial charge in [-0.15, -0.1) is 0 Å². The molecular formula is C43H60O7. The smallest absolute Gasteiger partial charge is 0.176 e. The largest absolute Gasteiger partial charge is 0.504 e. The number of phenols is 2. The average molecular weight is 689 g/mol. The summed E-state index contributed by atoms with van der Waals surface area (Å²) in [6.07, 6.45) is 9.43. The standard InChI is InChI=1S/C43H60O7/c1-26(2)12-11-21-41(10)32(16-13-30(9)14-17-33(44)29(7)8)25-42(22-19-27(3)4)38(48)36(37(47)31-15-18-34(45)35(46)24-31)39(49)43(41,40(42)50)23-20-28(5)6/h12-13,15,18-20,24,32-33,36,38,44-46,48H,7,11,14,16-17,21-23,25H2,1-6,8-10H3/b30-13+/t32-,33+,36?,38?,41+,42-,43+/m1/s1. The molecule has 0 amide bonds. The summed E-state index contributed by atoms with van der Waals surface area (Å²) in [6.45, 7) is 21.5. The molecule has 2 bridgehead atoms. The van der Waals surface area contributed by atoms with Crippen LogP contribution in [-0.2, 0) is 9.59 Å². The number of hydrogen-bond donors (Lipinski definition) is 4. The summed E-state index contributed by atoms with van der Waals surface area (Å²) in [5.41, 5.74) is 0.877. The van der Waals surface area contributed by atoms with E-state index in [1.807, 2.05) is 74.5 Å². The van der Waals surface area contributed by atoms with Crippen LogP contribution in [-0.4, -0.2) is 50.0 Å². The molecule has 274 valence electrons. The SMILES string of the molecule is C=C(C)[C@@H](O)CC/C(C)=C/C[C@@H]1C[C@@]2(CC=C(C)C)C(=O)[C@](CC=C(C)C)(C(=O)C(C(=O)c3ccc(O)c(O)c3)C2O)[C@@]1(C)CCC=C(C)C. The summed E-state index contributed by atoms with van der Waals surface area (Å²) < 4.78 is 0. The lowest BCUT2D eigenvalue weighted by molar-refractivity contribution is -0.199. The lowest BCUT2D eigenvalue weighted by Gasteiger charge is -2.64. The van der Waals surface area contributed by atoms with Crippen LogP contribution in [0.25, 0.3) is 0 Å². The molecule has 0 aromatic heterocycles. The maximum atomic E-state index is 15.4. The fourth-order valence-corrected chi connectivity index (χ4v) is 8.23. The highest BCUT2D eigenvalue weighted by atomic mass is 16.3. The van der Waals surface area contributed by atoms with E-state index in [-0.39, 0.29) is 36.5 Å². The summed E-state index contributed by atoms with van der Waals surface area (Å²) >= 11 is 0. The molecule has 0 heterocycles. The summed E-state index contributed by atoms with van der Waals surface area (Å²) in [5.74, 6) is -4.20. The minimum Gasteiger partial charge on any atom is -0.504 e. The quantitative estimate of drug-likeness (QED) is 0.0626. The number of ketones is 3. The summed E-state index contributed by atoms with van der Waals surface area (Å²) in [5, 5.41) is 43.0. The highest BCUT2D eigenvalue weighted by molar-refractivity contribution is 6.23. The molecule has 2 saturated carbocycles. The van der Waals surface area contributed by atoms with Crippen molar-refractivity contribution in [3.63, 3.8) is 0 Å². The van der Waals surface area contributed by atoms with Gasteiger partial charge in [0, 0.05) is 5.56 Å². The summed E-state index contributed by atoms with van der Waals surface area (Å²) in [6, 6.07) is 3.64. The number of carbonyl (C=O) groups excluding carboxylic acids is 3. The number of allylic oxidation sites excluding steroid dienone is 8. The van der Waals surface area contributed by atoms with Crippen molar-refractivity contribution in [2.24, 2.45) is 28.1 Å². The van der Waals surface area contributed by atoms with E-state index in [0.717, 1.165) is 28.4 Å². The Morgan fingerprint density at radius 3 is 2.08 bits per heavy atom. The Bertz CT molecular complexity index is 1600. The number of rotatable bonds is 15. The van der Waals surface area contributed by atoms with Gasteiger partial charge in [0.1, 0.15) is 5.92 Å². The maximum absolute atomic E-state index is 15.4. The van der Waals surface area contributed by atoms with E-state index in [1.165, 1.54) is 12.1 Å². The number of aromatic hydroxyl groups is 2. The molecule has 0 radical (unpaired) electrons. The van der Waals surface area contributed by atoms with Crippen molar-refractivity contribution < 1.29 is 34.8 Å². The van der Waals surface area contributed by atoms with E-state index in [4.69, 9.17) is 0 Å². The molecule has 1 aromatic carbocycles. The van der Waals surface area contributed by atoms with Gasteiger partial charge < -0.3 is 20.4 Å². The van der Waals surface area contributed by atoms with Gasteiger partial charge >= 0.3 is 0 Å². The van der Waals surface area contributed by atoms with Gasteiger partial charge in [0.05, 0.1) is 23.0 Å². The number of fused-ring (bicyclic) bond motifs is 2. The minimum atomic E-state index is -1.62. The minimum absolute atomic E-state index is 0.0156. The van der Waals surface area contributed by atoms with Crippen molar-refractivity contribution in [1.29, 1.82) is 0 Å². The van der Waals surface area contributed by atoms with Crippen LogP contribution in [0.15, 0.2) is 76.9 Å². The Kier molecular flexibility index (Phi) is 13.2. The second kappa shape index (κ2) is 16.2. The summed E-state index contributed by atoms with van der Waals surface area (Å²) in [4.78, 5) is 45.2. The van der Waals surface area contributed by atoms with Crippen molar-refractivity contribution in [3.05, 3.63) is 82.5 Å². The first-order chi connectivity index (χ1) is 23.2. The molecule has 0 saturated heterocycles. The van der Waals surface area contributed by atoms with Crippen molar-refractivity contribution in [2.45, 2.75) is 126 Å². The molecular weight excluding hydrogens is 628 g/mol. The van der Waals surface area contributed by atoms with E-state index >= 15 is 9.59 Å². The van der Waals surface area contributed by atoms with Gasteiger partial charge in [-0.05, 0) is 136 Å². The zero-order valence-corrected chi connectivity index (χ0v) is 31.7. The van der Waals surface area contributed by atoms with Crippen molar-refractivity contribution in [2.75, 3.05) is 0 Å². The van der Waals surface area contributed by atoms with Crippen LogP contribution in [0.2, 0.25) is 0 Å². The van der Waals surface area contributed by atoms with Crippen molar-refractivity contribution in [1.82, 2.24) is 0 Å². The number of phenolic OH excluding ortho intramolecular Hbond substituents is 2. The Labute approximate surface area is 299 Å². The lowest BCUT2D eigenvalue weighted by Crippen LogP contribution is -2.74. The third kappa shape index (κ3) is 8.00. The van der Waals surface area contributed by atoms with Gasteiger partial charge in [-0.1, -0.05) is 65.7 Å². The number of carbonyl (C=O) groups is 3. The Morgan fingerprint density at radius 2 is 1.52 bits per heavy atom. The van der Waals surface area contributed by atoms with Crippen LogP contribution in [0.1, 0.15) is 124 Å². The maximum Gasteiger partial charge on any atom is 0.176 e. The number of aliphatic hydroxyl groups excluding tert-OH is 2. The normalized spacial score (nSPS) is 28.5. The number of hydrogen-bond acceptors (Lipinski definition) is 7. The van der Waals surface area contributed by atoms with Gasteiger partial charge in [-0.25, -0.2) is 0 Å². The molecule has 1 aromatic rings. The van der Waals surface area contributed by atoms with E-state index < -0.39 is 57.4 Å². The zero-order chi connectivity index (χ0) is 37.8. The van der Waals surface area contributed by atoms with Gasteiger partial charge in [0.15, 0.2) is 28.8 Å². The van der Waals surface area contributed by atoms with Crippen LogP contribution in [0.3, 0.4) is 0 Å². The topological polar surface area (TPSA) is 132 Å². The second-order valence-electron chi connectivity index (χ2n) is 16.0. The fourth-order valence-electron chi connectivity index (χ4n) is 8.23. The third-order valence-electron chi connectivity index (χ3n) is 11.5.